The predicted octanol–water partition coefficient (Wildman–Crippen LogP) is 5.48. The second-order valence-corrected chi connectivity index (χ2v) is 7.05. The number of carbonyl (C=O) groups excluding carboxylic acids is 1. The highest BCUT2D eigenvalue weighted by molar-refractivity contribution is 6.39. The standard InChI is InChI=1S/C22H20Cl2N2O2/c23-18-5-3-6-19(24)22(18)26-20-7-2-1-4-17(20)12-21(27)28-14-16-10-8-15(13-25)9-11-16/h1-11,26H,12-14,25H2. The lowest BCUT2D eigenvalue weighted by molar-refractivity contribution is -0.144. The molecule has 144 valence electrons. The van der Waals surface area contributed by atoms with Gasteiger partial charge in [-0.25, -0.2) is 0 Å². The van der Waals surface area contributed by atoms with Crippen LogP contribution in [0.2, 0.25) is 10.0 Å². The molecule has 0 aromatic heterocycles. The number of ether oxygens (including phenoxy) is 1. The molecule has 6 heteroatoms. The molecule has 0 amide bonds. The molecule has 28 heavy (non-hydrogen) atoms. The van der Waals surface area contributed by atoms with Crippen molar-refractivity contribution in [1.29, 1.82) is 0 Å². The van der Waals surface area contributed by atoms with E-state index in [4.69, 9.17) is 33.7 Å². The maximum absolute atomic E-state index is 12.3. The summed E-state index contributed by atoms with van der Waals surface area (Å²) >= 11 is 12.5. The van der Waals surface area contributed by atoms with E-state index in [-0.39, 0.29) is 19.0 Å². The first-order valence-corrected chi connectivity index (χ1v) is 9.55. The van der Waals surface area contributed by atoms with E-state index in [0.717, 1.165) is 22.4 Å². The van der Waals surface area contributed by atoms with Crippen molar-refractivity contribution in [3.8, 4) is 0 Å². The normalized spacial score (nSPS) is 10.5. The number of para-hydroxylation sites is 2. The topological polar surface area (TPSA) is 64.3 Å². The molecular formula is C22H20Cl2N2O2. The van der Waals surface area contributed by atoms with E-state index < -0.39 is 0 Å². The highest BCUT2D eigenvalue weighted by Crippen LogP contribution is 2.33. The third-order valence-corrected chi connectivity index (χ3v) is 4.86. The second-order valence-electron chi connectivity index (χ2n) is 6.24. The van der Waals surface area contributed by atoms with Crippen molar-refractivity contribution in [2.24, 2.45) is 5.73 Å². The fourth-order valence-electron chi connectivity index (χ4n) is 2.69. The molecule has 4 nitrogen and oxygen atoms in total. The molecule has 0 aliphatic carbocycles. The summed E-state index contributed by atoms with van der Waals surface area (Å²) in [6.07, 6.45) is 0.131. The van der Waals surface area contributed by atoms with Crippen molar-refractivity contribution < 1.29 is 9.53 Å². The van der Waals surface area contributed by atoms with Gasteiger partial charge in [0.2, 0.25) is 0 Å². The molecule has 0 aliphatic heterocycles. The molecule has 0 spiro atoms. The van der Waals surface area contributed by atoms with Gasteiger partial charge >= 0.3 is 5.97 Å². The van der Waals surface area contributed by atoms with Crippen LogP contribution in [0.15, 0.2) is 66.7 Å². The van der Waals surface area contributed by atoms with E-state index in [1.54, 1.807) is 18.2 Å². The van der Waals surface area contributed by atoms with E-state index in [1.165, 1.54) is 0 Å². The Labute approximate surface area is 174 Å². The Morgan fingerprint density at radius 2 is 1.54 bits per heavy atom. The van der Waals surface area contributed by atoms with Gasteiger partial charge in [-0.2, -0.15) is 0 Å². The van der Waals surface area contributed by atoms with Gasteiger partial charge in [0.1, 0.15) is 6.61 Å². The zero-order valence-electron chi connectivity index (χ0n) is 15.1. The second kappa shape index (κ2) is 9.60. The van der Waals surface area contributed by atoms with Crippen molar-refractivity contribution in [3.63, 3.8) is 0 Å². The molecule has 0 unspecified atom stereocenters. The number of benzene rings is 3. The summed E-state index contributed by atoms with van der Waals surface area (Å²) in [4.78, 5) is 12.3. The first kappa shape index (κ1) is 20.2. The maximum atomic E-state index is 12.3. The average Bonchev–Trinajstić information content (AvgIpc) is 2.71. The molecule has 0 radical (unpaired) electrons. The number of hydrogen-bond donors (Lipinski definition) is 2. The van der Waals surface area contributed by atoms with Gasteiger partial charge in [-0.3, -0.25) is 4.79 Å². The molecule has 3 rings (SSSR count). The van der Waals surface area contributed by atoms with Crippen molar-refractivity contribution in [1.82, 2.24) is 0 Å². The summed E-state index contributed by atoms with van der Waals surface area (Å²) in [5.41, 5.74) is 9.69. The van der Waals surface area contributed by atoms with Gasteiger partial charge in [0.05, 0.1) is 22.2 Å². The molecule has 3 aromatic rings. The number of halogens is 2. The van der Waals surface area contributed by atoms with Gasteiger partial charge in [-0.05, 0) is 34.9 Å². The minimum atomic E-state index is -0.317. The van der Waals surface area contributed by atoms with Crippen molar-refractivity contribution >= 4 is 40.5 Å². The van der Waals surface area contributed by atoms with Crippen LogP contribution in [0.1, 0.15) is 16.7 Å². The molecule has 0 aliphatic rings. The molecule has 0 bridgehead atoms. The van der Waals surface area contributed by atoms with Crippen molar-refractivity contribution in [2.75, 3.05) is 5.32 Å². The highest BCUT2D eigenvalue weighted by Gasteiger charge is 2.12. The number of carbonyl (C=O) groups is 1. The van der Waals surface area contributed by atoms with E-state index in [0.29, 0.717) is 22.3 Å². The van der Waals surface area contributed by atoms with Gasteiger partial charge in [0, 0.05) is 12.2 Å². The summed E-state index contributed by atoms with van der Waals surface area (Å²) in [5.74, 6) is -0.317. The largest absolute Gasteiger partial charge is 0.461 e. The summed E-state index contributed by atoms with van der Waals surface area (Å²) in [6.45, 7) is 0.703. The molecule has 0 fully saturated rings. The average molecular weight is 415 g/mol. The summed E-state index contributed by atoms with van der Waals surface area (Å²) in [6, 6.07) is 20.4. The number of anilines is 2. The lowest BCUT2D eigenvalue weighted by atomic mass is 10.1. The van der Waals surface area contributed by atoms with Gasteiger partial charge in [0.25, 0.3) is 0 Å². The van der Waals surface area contributed by atoms with Crippen LogP contribution in [-0.2, 0) is 29.1 Å². The number of hydrogen-bond acceptors (Lipinski definition) is 4. The SMILES string of the molecule is NCc1ccc(COC(=O)Cc2ccccc2Nc2c(Cl)cccc2Cl)cc1. The Morgan fingerprint density at radius 3 is 2.21 bits per heavy atom. The van der Waals surface area contributed by atoms with Crippen LogP contribution in [0.4, 0.5) is 11.4 Å². The minimum absolute atomic E-state index is 0.131. The number of esters is 1. The Bertz CT molecular complexity index is 939. The van der Waals surface area contributed by atoms with Gasteiger partial charge in [-0.15, -0.1) is 0 Å². The number of rotatable bonds is 7. The van der Waals surface area contributed by atoms with Gasteiger partial charge < -0.3 is 15.8 Å². The third-order valence-electron chi connectivity index (χ3n) is 4.23. The van der Waals surface area contributed by atoms with Gasteiger partial charge in [0.15, 0.2) is 0 Å². The Balaban J connectivity index is 1.66. The van der Waals surface area contributed by atoms with E-state index in [2.05, 4.69) is 5.32 Å². The first-order chi connectivity index (χ1) is 13.6. The fraction of sp³-hybridized carbons (Fsp3) is 0.136. The third kappa shape index (κ3) is 5.26. The van der Waals surface area contributed by atoms with Crippen LogP contribution in [0, 0.1) is 0 Å². The van der Waals surface area contributed by atoms with Crippen LogP contribution in [0.5, 0.6) is 0 Å². The molecule has 0 heterocycles. The maximum Gasteiger partial charge on any atom is 0.310 e. The van der Waals surface area contributed by atoms with E-state index in [9.17, 15) is 4.79 Å². The number of nitrogens with two attached hydrogens (primary N) is 1. The van der Waals surface area contributed by atoms with Crippen molar-refractivity contribution in [2.45, 2.75) is 19.6 Å². The zero-order valence-corrected chi connectivity index (χ0v) is 16.6. The molecule has 0 atom stereocenters. The fourth-order valence-corrected chi connectivity index (χ4v) is 3.18. The quantitative estimate of drug-likeness (QED) is 0.502. The van der Waals surface area contributed by atoms with E-state index in [1.807, 2.05) is 48.5 Å². The summed E-state index contributed by atoms with van der Waals surface area (Å²) < 4.78 is 5.41. The van der Waals surface area contributed by atoms with Gasteiger partial charge in [-0.1, -0.05) is 71.7 Å². The molecule has 3 N–H and O–H groups in total. The zero-order chi connectivity index (χ0) is 19.9. The van der Waals surface area contributed by atoms with Crippen LogP contribution < -0.4 is 11.1 Å². The molecule has 0 saturated heterocycles. The lowest BCUT2D eigenvalue weighted by Crippen LogP contribution is -2.09. The molecular weight excluding hydrogens is 395 g/mol. The summed E-state index contributed by atoms with van der Waals surface area (Å²) in [5, 5.41) is 4.23. The first-order valence-electron chi connectivity index (χ1n) is 8.79. The lowest BCUT2D eigenvalue weighted by Gasteiger charge is -2.14. The van der Waals surface area contributed by atoms with Crippen LogP contribution >= 0.6 is 23.2 Å². The smallest absolute Gasteiger partial charge is 0.310 e. The summed E-state index contributed by atoms with van der Waals surface area (Å²) in [7, 11) is 0. The number of nitrogens with one attached hydrogen (secondary N) is 1. The Hall–Kier alpha value is -2.53. The van der Waals surface area contributed by atoms with Crippen molar-refractivity contribution in [3.05, 3.63) is 93.5 Å². The van der Waals surface area contributed by atoms with Crippen LogP contribution in [0.25, 0.3) is 0 Å². The highest BCUT2D eigenvalue weighted by atomic mass is 35.5. The minimum Gasteiger partial charge on any atom is -0.461 e. The monoisotopic (exact) mass is 414 g/mol. The van der Waals surface area contributed by atoms with Crippen LogP contribution in [0.3, 0.4) is 0 Å². The Morgan fingerprint density at radius 1 is 0.893 bits per heavy atom. The predicted molar refractivity (Wildman–Crippen MR) is 114 cm³/mol. The molecule has 3 aromatic carbocycles. The molecule has 0 saturated carbocycles. The Kier molecular flexibility index (Phi) is 6.93. The van der Waals surface area contributed by atoms with E-state index >= 15 is 0 Å². The van der Waals surface area contributed by atoms with Crippen LogP contribution in [-0.4, -0.2) is 5.97 Å².